The van der Waals surface area contributed by atoms with E-state index in [-0.39, 0.29) is 11.5 Å². The summed E-state index contributed by atoms with van der Waals surface area (Å²) in [5.41, 5.74) is 7.11. The monoisotopic (exact) mass is 390 g/mol. The first kappa shape index (κ1) is 20.9. The lowest BCUT2D eigenvalue weighted by molar-refractivity contribution is -0.123. The molecule has 2 aromatic rings. The van der Waals surface area contributed by atoms with Crippen molar-refractivity contribution >= 4 is 15.9 Å². The SMILES string of the molecule is Cc1cc(C)c(C)c(S(=O)(=O)NNC(=O)COc2c(C)cccc2C)c1C. The van der Waals surface area contributed by atoms with E-state index >= 15 is 0 Å². The summed E-state index contributed by atoms with van der Waals surface area (Å²) in [5, 5.41) is 0. The Morgan fingerprint density at radius 1 is 0.926 bits per heavy atom. The minimum atomic E-state index is -3.90. The van der Waals surface area contributed by atoms with Crippen molar-refractivity contribution in [1.82, 2.24) is 10.3 Å². The molecule has 1 amide bonds. The van der Waals surface area contributed by atoms with Gasteiger partial charge in [-0.3, -0.25) is 10.2 Å². The molecule has 2 aromatic carbocycles. The van der Waals surface area contributed by atoms with Crippen LogP contribution in [-0.4, -0.2) is 20.9 Å². The second-order valence-electron chi connectivity index (χ2n) is 6.75. The zero-order valence-electron chi connectivity index (χ0n) is 16.6. The molecule has 0 heterocycles. The average Bonchev–Trinajstić information content (AvgIpc) is 2.58. The maximum absolute atomic E-state index is 12.7. The van der Waals surface area contributed by atoms with Crippen LogP contribution >= 0.6 is 0 Å². The third-order valence-electron chi connectivity index (χ3n) is 4.65. The summed E-state index contributed by atoms with van der Waals surface area (Å²) in [6.45, 7) is 10.7. The normalized spacial score (nSPS) is 11.3. The highest BCUT2D eigenvalue weighted by Gasteiger charge is 2.22. The van der Waals surface area contributed by atoms with Crippen LogP contribution in [-0.2, 0) is 14.8 Å². The van der Waals surface area contributed by atoms with Gasteiger partial charge in [0, 0.05) is 0 Å². The van der Waals surface area contributed by atoms with Gasteiger partial charge >= 0.3 is 0 Å². The number of benzene rings is 2. The minimum Gasteiger partial charge on any atom is -0.483 e. The third-order valence-corrected chi connectivity index (χ3v) is 6.17. The van der Waals surface area contributed by atoms with Crippen molar-refractivity contribution in [2.45, 2.75) is 46.4 Å². The molecule has 0 saturated heterocycles. The molecule has 2 N–H and O–H groups in total. The summed E-state index contributed by atoms with van der Waals surface area (Å²) in [7, 11) is -3.90. The van der Waals surface area contributed by atoms with Crippen LogP contribution in [0.3, 0.4) is 0 Å². The lowest BCUT2D eigenvalue weighted by atomic mass is 10.0. The van der Waals surface area contributed by atoms with E-state index in [1.807, 2.05) is 52.0 Å². The van der Waals surface area contributed by atoms with E-state index in [0.29, 0.717) is 16.9 Å². The summed E-state index contributed by atoms with van der Waals surface area (Å²) in [4.78, 5) is 14.4. The lowest BCUT2D eigenvalue weighted by Crippen LogP contribution is -2.44. The van der Waals surface area contributed by atoms with Gasteiger partial charge < -0.3 is 4.74 Å². The van der Waals surface area contributed by atoms with Gasteiger partial charge in [0.1, 0.15) is 5.75 Å². The van der Waals surface area contributed by atoms with Crippen LogP contribution in [0.1, 0.15) is 33.4 Å². The smallest absolute Gasteiger partial charge is 0.272 e. The standard InChI is InChI=1S/C20H26N2O4S/c1-12-8-7-9-13(2)19(12)26-11-18(23)21-22-27(24,25)20-16(5)14(3)10-15(4)17(20)6/h7-10,22H,11H2,1-6H3,(H,21,23). The molecule has 146 valence electrons. The zero-order valence-corrected chi connectivity index (χ0v) is 17.4. The fourth-order valence-electron chi connectivity index (χ4n) is 2.96. The maximum Gasteiger partial charge on any atom is 0.272 e. The topological polar surface area (TPSA) is 84.5 Å². The van der Waals surface area contributed by atoms with E-state index in [0.717, 1.165) is 22.3 Å². The first-order chi connectivity index (χ1) is 12.5. The summed E-state index contributed by atoms with van der Waals surface area (Å²) < 4.78 is 30.9. The zero-order chi connectivity index (χ0) is 20.4. The number of sulfonamides is 1. The Bertz CT molecular complexity index is 935. The van der Waals surface area contributed by atoms with Crippen LogP contribution in [0.2, 0.25) is 0 Å². The lowest BCUT2D eigenvalue weighted by Gasteiger charge is -2.17. The van der Waals surface area contributed by atoms with Gasteiger partial charge in [-0.1, -0.05) is 24.3 Å². The number of hydrazine groups is 1. The van der Waals surface area contributed by atoms with Crippen molar-refractivity contribution in [3.63, 3.8) is 0 Å². The molecular formula is C20H26N2O4S. The van der Waals surface area contributed by atoms with Crippen LogP contribution < -0.4 is 15.0 Å². The number of nitrogens with one attached hydrogen (secondary N) is 2. The Morgan fingerprint density at radius 2 is 1.44 bits per heavy atom. The van der Waals surface area contributed by atoms with E-state index in [2.05, 4.69) is 10.3 Å². The molecule has 0 radical (unpaired) electrons. The van der Waals surface area contributed by atoms with Gasteiger partial charge in [-0.25, -0.2) is 8.42 Å². The Kier molecular flexibility index (Phi) is 6.28. The largest absolute Gasteiger partial charge is 0.483 e. The Balaban J connectivity index is 2.09. The molecule has 27 heavy (non-hydrogen) atoms. The molecular weight excluding hydrogens is 364 g/mol. The summed E-state index contributed by atoms with van der Waals surface area (Å²) in [6, 6.07) is 7.62. The van der Waals surface area contributed by atoms with Crippen molar-refractivity contribution in [3.05, 3.63) is 57.6 Å². The van der Waals surface area contributed by atoms with Crippen molar-refractivity contribution in [2.24, 2.45) is 0 Å². The predicted octanol–water partition coefficient (Wildman–Crippen LogP) is 2.93. The van der Waals surface area contributed by atoms with Crippen LogP contribution in [0, 0.1) is 41.5 Å². The van der Waals surface area contributed by atoms with Crippen LogP contribution in [0.15, 0.2) is 29.2 Å². The fourth-order valence-corrected chi connectivity index (χ4v) is 4.44. The van der Waals surface area contributed by atoms with E-state index in [1.54, 1.807) is 13.8 Å². The van der Waals surface area contributed by atoms with Gasteiger partial charge in [-0.2, -0.15) is 0 Å². The van der Waals surface area contributed by atoms with Gasteiger partial charge in [0.2, 0.25) is 0 Å². The van der Waals surface area contributed by atoms with E-state index < -0.39 is 15.9 Å². The number of hydrogen-bond acceptors (Lipinski definition) is 4. The van der Waals surface area contributed by atoms with Crippen molar-refractivity contribution in [3.8, 4) is 5.75 Å². The number of aryl methyl sites for hydroxylation is 4. The third kappa shape index (κ3) is 4.67. The highest BCUT2D eigenvalue weighted by atomic mass is 32.2. The molecule has 0 fully saturated rings. The number of ether oxygens (including phenoxy) is 1. The summed E-state index contributed by atoms with van der Waals surface area (Å²) in [6.07, 6.45) is 0. The molecule has 0 aliphatic carbocycles. The van der Waals surface area contributed by atoms with Gasteiger partial charge in [-0.15, -0.1) is 4.83 Å². The molecule has 0 unspecified atom stereocenters. The first-order valence-electron chi connectivity index (χ1n) is 8.61. The number of amides is 1. The molecule has 0 aliphatic rings. The van der Waals surface area contributed by atoms with Crippen LogP contribution in [0.25, 0.3) is 0 Å². The molecule has 7 heteroatoms. The molecule has 6 nitrogen and oxygen atoms in total. The van der Waals surface area contributed by atoms with E-state index in [4.69, 9.17) is 4.74 Å². The molecule has 0 aromatic heterocycles. The quantitative estimate of drug-likeness (QED) is 0.743. The molecule has 0 saturated carbocycles. The number of para-hydroxylation sites is 1. The maximum atomic E-state index is 12.7. The highest BCUT2D eigenvalue weighted by molar-refractivity contribution is 7.89. The molecule has 2 rings (SSSR count). The van der Waals surface area contributed by atoms with Gasteiger partial charge in [-0.05, 0) is 74.9 Å². The first-order valence-corrected chi connectivity index (χ1v) is 10.1. The Hall–Kier alpha value is -2.38. The predicted molar refractivity (Wildman–Crippen MR) is 105 cm³/mol. The number of carbonyl (C=O) groups is 1. The number of rotatable bonds is 6. The number of carbonyl (C=O) groups excluding carboxylic acids is 1. The summed E-state index contributed by atoms with van der Waals surface area (Å²) in [5.74, 6) is 0.0393. The summed E-state index contributed by atoms with van der Waals surface area (Å²) >= 11 is 0. The van der Waals surface area contributed by atoms with E-state index in [9.17, 15) is 13.2 Å². The second kappa shape index (κ2) is 8.10. The van der Waals surface area contributed by atoms with Crippen molar-refractivity contribution in [1.29, 1.82) is 0 Å². The molecule has 0 spiro atoms. The highest BCUT2D eigenvalue weighted by Crippen LogP contribution is 2.25. The Morgan fingerprint density at radius 3 is 1.96 bits per heavy atom. The van der Waals surface area contributed by atoms with Crippen LogP contribution in [0.5, 0.6) is 5.75 Å². The van der Waals surface area contributed by atoms with Gasteiger partial charge in [0.05, 0.1) is 4.90 Å². The van der Waals surface area contributed by atoms with Gasteiger partial charge in [0.25, 0.3) is 15.9 Å². The number of hydrogen-bond donors (Lipinski definition) is 2. The average molecular weight is 391 g/mol. The molecule has 0 aliphatic heterocycles. The van der Waals surface area contributed by atoms with Crippen molar-refractivity contribution < 1.29 is 17.9 Å². The molecule has 0 bridgehead atoms. The molecule has 0 atom stereocenters. The van der Waals surface area contributed by atoms with Gasteiger partial charge in [0.15, 0.2) is 6.61 Å². The Labute approximate surface area is 161 Å². The van der Waals surface area contributed by atoms with Crippen molar-refractivity contribution in [2.75, 3.05) is 6.61 Å². The van der Waals surface area contributed by atoms with Crippen LogP contribution in [0.4, 0.5) is 0 Å². The minimum absolute atomic E-state index is 0.191. The fraction of sp³-hybridized carbons (Fsp3) is 0.350. The van der Waals surface area contributed by atoms with E-state index in [1.165, 1.54) is 0 Å². The second-order valence-corrected chi connectivity index (χ2v) is 8.37.